The number of hydrogen-bond acceptors (Lipinski definition) is 1. The maximum absolute atomic E-state index is 3.92. The molecule has 1 rings (SSSR count). The van der Waals surface area contributed by atoms with E-state index in [4.69, 9.17) is 0 Å². The van der Waals surface area contributed by atoms with Gasteiger partial charge in [0.25, 0.3) is 0 Å². The van der Waals surface area contributed by atoms with Crippen molar-refractivity contribution >= 4 is 0 Å². The number of unbranched alkanes of at least 4 members (excludes halogenated alkanes) is 2. The summed E-state index contributed by atoms with van der Waals surface area (Å²) in [5.74, 6) is 0.754. The van der Waals surface area contributed by atoms with Crippen LogP contribution in [-0.4, -0.2) is 42.7 Å². The number of likely N-dealkylation sites (tertiary alicyclic amines) is 1. The van der Waals surface area contributed by atoms with Gasteiger partial charge >= 0.3 is 0 Å². The second-order valence-corrected chi connectivity index (χ2v) is 7.95. The molecule has 2 nitrogen and oxygen atoms in total. The molecule has 0 aromatic carbocycles. The molecule has 0 spiro atoms. The van der Waals surface area contributed by atoms with Gasteiger partial charge in [0.1, 0.15) is 0 Å². The summed E-state index contributed by atoms with van der Waals surface area (Å²) in [5, 5.41) is 3.92. The summed E-state index contributed by atoms with van der Waals surface area (Å²) in [7, 11) is 2.44. The molecule has 1 saturated heterocycles. The fraction of sp³-hybridized carbons (Fsp3) is 1.00. The van der Waals surface area contributed by atoms with Crippen LogP contribution >= 0.6 is 0 Å². The molecule has 1 aliphatic rings. The highest BCUT2D eigenvalue weighted by atomic mass is 15.4. The predicted molar refractivity (Wildman–Crippen MR) is 94.6 cm³/mol. The number of hydrogen-bond donors (Lipinski definition) is 1. The fourth-order valence-corrected chi connectivity index (χ4v) is 3.74. The Kier molecular flexibility index (Phi) is 8.26. The minimum Gasteiger partial charge on any atom is -0.323 e. The van der Waals surface area contributed by atoms with Crippen molar-refractivity contribution in [1.29, 1.82) is 0 Å². The molecule has 4 atom stereocenters. The zero-order chi connectivity index (χ0) is 15.9. The van der Waals surface area contributed by atoms with Crippen molar-refractivity contribution < 1.29 is 4.48 Å². The Balaban J connectivity index is 2.28. The van der Waals surface area contributed by atoms with Crippen molar-refractivity contribution in [3.05, 3.63) is 0 Å². The third kappa shape index (κ3) is 5.90. The Morgan fingerprint density at radius 1 is 1.10 bits per heavy atom. The lowest BCUT2D eigenvalue weighted by molar-refractivity contribution is -0.971. The van der Waals surface area contributed by atoms with Gasteiger partial charge in [-0.05, 0) is 32.6 Å². The van der Waals surface area contributed by atoms with Crippen LogP contribution in [-0.2, 0) is 0 Å². The van der Waals surface area contributed by atoms with E-state index in [9.17, 15) is 0 Å². The SMILES string of the molecule is CCCCCC(NC(C)CCC1CC[N+]1(C)CC)C(C)C. The first-order valence-corrected chi connectivity index (χ1v) is 9.53. The first-order chi connectivity index (χ1) is 9.92. The molecule has 0 aromatic rings. The molecule has 1 heterocycles. The molecule has 0 bridgehead atoms. The lowest BCUT2D eigenvalue weighted by Crippen LogP contribution is -2.62. The Hall–Kier alpha value is -0.0800. The third-order valence-electron chi connectivity index (χ3n) is 5.93. The summed E-state index contributed by atoms with van der Waals surface area (Å²) in [6.07, 6.45) is 9.63. The predicted octanol–water partition coefficient (Wildman–Crippen LogP) is 4.59. The van der Waals surface area contributed by atoms with E-state index in [1.54, 1.807) is 0 Å². The van der Waals surface area contributed by atoms with Crippen LogP contribution in [0.15, 0.2) is 0 Å². The van der Waals surface area contributed by atoms with Gasteiger partial charge in [-0.2, -0.15) is 0 Å². The van der Waals surface area contributed by atoms with Gasteiger partial charge in [0.2, 0.25) is 0 Å². The molecule has 1 N–H and O–H groups in total. The van der Waals surface area contributed by atoms with Crippen LogP contribution in [0.5, 0.6) is 0 Å². The normalized spacial score (nSPS) is 28.4. The number of quaternary nitrogens is 1. The van der Waals surface area contributed by atoms with Gasteiger partial charge in [-0.25, -0.2) is 0 Å². The average molecular weight is 298 g/mol. The second-order valence-electron chi connectivity index (χ2n) is 7.95. The Labute approximate surface area is 134 Å². The molecule has 0 aromatic heterocycles. The van der Waals surface area contributed by atoms with Gasteiger partial charge < -0.3 is 9.80 Å². The van der Waals surface area contributed by atoms with Crippen molar-refractivity contribution in [2.24, 2.45) is 5.92 Å². The minimum atomic E-state index is 0.671. The van der Waals surface area contributed by atoms with Gasteiger partial charge in [-0.1, -0.05) is 40.0 Å². The molecule has 1 aliphatic heterocycles. The van der Waals surface area contributed by atoms with Gasteiger partial charge in [-0.3, -0.25) is 0 Å². The van der Waals surface area contributed by atoms with Crippen molar-refractivity contribution in [1.82, 2.24) is 5.32 Å². The quantitative estimate of drug-likeness (QED) is 0.434. The maximum Gasteiger partial charge on any atom is 0.0943 e. The second kappa shape index (κ2) is 9.15. The zero-order valence-corrected chi connectivity index (χ0v) is 15.6. The molecule has 2 heteroatoms. The first-order valence-electron chi connectivity index (χ1n) is 9.53. The monoisotopic (exact) mass is 297 g/mol. The number of rotatable bonds is 11. The molecule has 0 amide bonds. The Morgan fingerprint density at radius 2 is 1.81 bits per heavy atom. The lowest BCUT2D eigenvalue weighted by Gasteiger charge is -2.50. The molecule has 0 saturated carbocycles. The van der Waals surface area contributed by atoms with E-state index in [0.29, 0.717) is 12.1 Å². The summed E-state index contributed by atoms with van der Waals surface area (Å²) >= 11 is 0. The van der Waals surface area contributed by atoms with Crippen LogP contribution in [0, 0.1) is 5.92 Å². The van der Waals surface area contributed by atoms with E-state index >= 15 is 0 Å². The van der Waals surface area contributed by atoms with E-state index in [1.165, 1.54) is 62.5 Å². The molecule has 0 radical (unpaired) electrons. The molecule has 21 heavy (non-hydrogen) atoms. The minimum absolute atomic E-state index is 0.671. The van der Waals surface area contributed by atoms with E-state index in [1.807, 2.05) is 0 Å². The van der Waals surface area contributed by atoms with Crippen molar-refractivity contribution in [2.75, 3.05) is 20.1 Å². The van der Waals surface area contributed by atoms with E-state index in [0.717, 1.165) is 12.0 Å². The number of nitrogens with zero attached hydrogens (tertiary/aromatic N) is 1. The van der Waals surface area contributed by atoms with Gasteiger partial charge in [-0.15, -0.1) is 0 Å². The first kappa shape index (κ1) is 19.0. The lowest BCUT2D eigenvalue weighted by atomic mass is 9.91. The highest BCUT2D eigenvalue weighted by molar-refractivity contribution is 4.77. The maximum atomic E-state index is 3.92. The fourth-order valence-electron chi connectivity index (χ4n) is 3.74. The van der Waals surface area contributed by atoms with Crippen molar-refractivity contribution in [3.63, 3.8) is 0 Å². The summed E-state index contributed by atoms with van der Waals surface area (Å²) in [6.45, 7) is 14.5. The molecule has 126 valence electrons. The highest BCUT2D eigenvalue weighted by Crippen LogP contribution is 2.29. The van der Waals surface area contributed by atoms with Crippen LogP contribution in [0.2, 0.25) is 0 Å². The summed E-state index contributed by atoms with van der Waals surface area (Å²) in [5.41, 5.74) is 0. The summed E-state index contributed by atoms with van der Waals surface area (Å²) in [6, 6.07) is 2.31. The van der Waals surface area contributed by atoms with Gasteiger partial charge in [0.05, 0.1) is 26.2 Å². The van der Waals surface area contributed by atoms with Crippen LogP contribution in [0.25, 0.3) is 0 Å². The van der Waals surface area contributed by atoms with Crippen LogP contribution in [0.3, 0.4) is 0 Å². The topological polar surface area (TPSA) is 12.0 Å². The third-order valence-corrected chi connectivity index (χ3v) is 5.93. The largest absolute Gasteiger partial charge is 0.323 e. The highest BCUT2D eigenvalue weighted by Gasteiger charge is 2.40. The molecule has 0 aliphatic carbocycles. The molecule has 1 fully saturated rings. The Bertz CT molecular complexity index is 273. The van der Waals surface area contributed by atoms with Crippen LogP contribution in [0.1, 0.15) is 79.6 Å². The average Bonchev–Trinajstić information content (AvgIpc) is 2.44. The zero-order valence-electron chi connectivity index (χ0n) is 15.6. The van der Waals surface area contributed by atoms with E-state index in [-0.39, 0.29) is 0 Å². The van der Waals surface area contributed by atoms with Crippen LogP contribution < -0.4 is 5.32 Å². The molecule has 4 unspecified atom stereocenters. The van der Waals surface area contributed by atoms with Gasteiger partial charge in [0.15, 0.2) is 0 Å². The van der Waals surface area contributed by atoms with Crippen molar-refractivity contribution in [3.8, 4) is 0 Å². The van der Waals surface area contributed by atoms with Crippen LogP contribution in [0.4, 0.5) is 0 Å². The van der Waals surface area contributed by atoms with Gasteiger partial charge in [0, 0.05) is 24.9 Å². The summed E-state index contributed by atoms with van der Waals surface area (Å²) in [4.78, 5) is 0. The van der Waals surface area contributed by atoms with Crippen molar-refractivity contribution in [2.45, 2.75) is 97.7 Å². The smallest absolute Gasteiger partial charge is 0.0943 e. The molecular formula is C19H41N2+. The molecular weight excluding hydrogens is 256 g/mol. The van der Waals surface area contributed by atoms with E-state index < -0.39 is 0 Å². The van der Waals surface area contributed by atoms with E-state index in [2.05, 4.69) is 47.0 Å². The summed E-state index contributed by atoms with van der Waals surface area (Å²) < 4.78 is 1.32. The standard InChI is InChI=1S/C19H41N2/c1-7-9-10-11-19(16(3)4)20-17(5)12-13-18-14-15-21(18,6)8-2/h16-20H,7-15H2,1-6H3/q+1. The number of nitrogens with one attached hydrogen (secondary N) is 1. The Morgan fingerprint density at radius 3 is 2.29 bits per heavy atom.